The highest BCUT2D eigenvalue weighted by molar-refractivity contribution is 5.90. The van der Waals surface area contributed by atoms with E-state index in [2.05, 4.69) is 15.1 Å². The van der Waals surface area contributed by atoms with Crippen LogP contribution in [0.25, 0.3) is 28.0 Å². The minimum Gasteiger partial charge on any atom is -0.245 e. The van der Waals surface area contributed by atoms with Crippen molar-refractivity contribution in [3.63, 3.8) is 0 Å². The Hall–Kier alpha value is -3.43. The number of halogens is 6. The number of nitrogens with zero attached hydrogens (tertiary/aromatic N) is 4. The van der Waals surface area contributed by atoms with Gasteiger partial charge in [0.05, 0.1) is 27.9 Å². The molecule has 0 spiro atoms. The van der Waals surface area contributed by atoms with E-state index in [9.17, 15) is 26.3 Å². The van der Waals surface area contributed by atoms with Crippen molar-refractivity contribution in [2.75, 3.05) is 0 Å². The van der Waals surface area contributed by atoms with Crippen LogP contribution >= 0.6 is 0 Å². The van der Waals surface area contributed by atoms with Crippen LogP contribution in [0.2, 0.25) is 0 Å². The summed E-state index contributed by atoms with van der Waals surface area (Å²) in [5.41, 5.74) is -0.133. The second-order valence-corrected chi connectivity index (χ2v) is 6.14. The van der Waals surface area contributed by atoms with Crippen molar-refractivity contribution in [2.45, 2.75) is 12.4 Å². The molecule has 148 valence electrons. The molecule has 1 aromatic carbocycles. The first-order valence-corrected chi connectivity index (χ1v) is 8.18. The summed E-state index contributed by atoms with van der Waals surface area (Å²) in [6, 6.07) is 7.94. The number of hydrogen-bond acceptors (Lipinski definition) is 3. The molecule has 0 radical (unpaired) electrons. The normalized spacial score (nSPS) is 12.5. The fourth-order valence-electron chi connectivity index (χ4n) is 2.93. The van der Waals surface area contributed by atoms with Gasteiger partial charge in [-0.3, -0.25) is 0 Å². The summed E-state index contributed by atoms with van der Waals surface area (Å²) in [5, 5.41) is 4.20. The van der Waals surface area contributed by atoms with E-state index >= 15 is 0 Å². The molecule has 0 saturated heterocycles. The molecule has 0 amide bonds. The lowest BCUT2D eigenvalue weighted by atomic mass is 10.0. The molecule has 4 rings (SSSR count). The quantitative estimate of drug-likeness (QED) is 0.412. The van der Waals surface area contributed by atoms with Crippen molar-refractivity contribution in [3.05, 3.63) is 72.3 Å². The lowest BCUT2D eigenvalue weighted by molar-refractivity contribution is -0.138. The van der Waals surface area contributed by atoms with E-state index in [1.54, 1.807) is 6.07 Å². The largest absolute Gasteiger partial charge is 0.417 e. The van der Waals surface area contributed by atoms with Crippen LogP contribution in [0.5, 0.6) is 0 Å². The number of fused-ring (bicyclic) bond motifs is 1. The lowest BCUT2D eigenvalue weighted by Crippen LogP contribution is -2.06. The Morgan fingerprint density at radius 1 is 0.759 bits per heavy atom. The number of alkyl halides is 6. The molecule has 0 aliphatic rings. The van der Waals surface area contributed by atoms with Crippen LogP contribution in [0.3, 0.4) is 0 Å². The van der Waals surface area contributed by atoms with Crippen LogP contribution < -0.4 is 0 Å². The molecule has 0 saturated carbocycles. The van der Waals surface area contributed by atoms with E-state index in [0.717, 1.165) is 28.9 Å². The second kappa shape index (κ2) is 6.57. The van der Waals surface area contributed by atoms with Crippen LogP contribution in [-0.2, 0) is 12.4 Å². The summed E-state index contributed by atoms with van der Waals surface area (Å²) < 4.78 is 78.8. The molecule has 0 bridgehead atoms. The summed E-state index contributed by atoms with van der Waals surface area (Å²) in [6.45, 7) is 0. The highest BCUT2D eigenvalue weighted by Crippen LogP contribution is 2.37. The molecule has 0 atom stereocenters. The van der Waals surface area contributed by atoms with Gasteiger partial charge in [-0.05, 0) is 30.3 Å². The molecule has 3 aromatic heterocycles. The van der Waals surface area contributed by atoms with Gasteiger partial charge in [0.2, 0.25) is 0 Å². The predicted molar refractivity (Wildman–Crippen MR) is 91.7 cm³/mol. The molecule has 4 aromatic rings. The van der Waals surface area contributed by atoms with E-state index < -0.39 is 23.5 Å². The zero-order chi connectivity index (χ0) is 20.8. The maximum Gasteiger partial charge on any atom is 0.417 e. The minimum atomic E-state index is -4.57. The fraction of sp³-hybridized carbons (Fsp3) is 0.105. The zero-order valence-electron chi connectivity index (χ0n) is 14.3. The van der Waals surface area contributed by atoms with Crippen LogP contribution in [-0.4, -0.2) is 19.6 Å². The molecule has 0 aliphatic heterocycles. The van der Waals surface area contributed by atoms with E-state index in [0.29, 0.717) is 22.3 Å². The summed E-state index contributed by atoms with van der Waals surface area (Å²) in [7, 11) is 0. The Labute approximate surface area is 159 Å². The first-order chi connectivity index (χ1) is 13.6. The monoisotopic (exact) mass is 408 g/mol. The van der Waals surface area contributed by atoms with Gasteiger partial charge < -0.3 is 0 Å². The molecule has 4 nitrogen and oxygen atoms in total. The second-order valence-electron chi connectivity index (χ2n) is 6.14. The van der Waals surface area contributed by atoms with Crippen molar-refractivity contribution in [2.24, 2.45) is 0 Å². The van der Waals surface area contributed by atoms with Gasteiger partial charge in [-0.2, -0.15) is 31.4 Å². The highest BCUT2D eigenvalue weighted by Gasteiger charge is 2.32. The maximum absolute atomic E-state index is 13.1. The van der Waals surface area contributed by atoms with Gasteiger partial charge >= 0.3 is 12.4 Å². The molecule has 10 heteroatoms. The molecule has 0 aliphatic carbocycles. The Bertz CT molecular complexity index is 1160. The zero-order valence-corrected chi connectivity index (χ0v) is 14.3. The van der Waals surface area contributed by atoms with Crippen LogP contribution in [0.4, 0.5) is 26.3 Å². The number of rotatable bonds is 2. The third-order valence-corrected chi connectivity index (χ3v) is 4.28. The van der Waals surface area contributed by atoms with Gasteiger partial charge in [0.15, 0.2) is 0 Å². The number of pyridine rings is 1. The first kappa shape index (κ1) is 18.9. The average molecular weight is 408 g/mol. The molecule has 3 heterocycles. The Kier molecular flexibility index (Phi) is 4.29. The van der Waals surface area contributed by atoms with Gasteiger partial charge in [-0.25, -0.2) is 14.5 Å². The number of aromatic nitrogens is 4. The molecule has 29 heavy (non-hydrogen) atoms. The van der Waals surface area contributed by atoms with Gasteiger partial charge in [-0.15, -0.1) is 0 Å². The first-order valence-electron chi connectivity index (χ1n) is 8.18. The van der Waals surface area contributed by atoms with Crippen molar-refractivity contribution < 1.29 is 26.3 Å². The summed E-state index contributed by atoms with van der Waals surface area (Å²) in [5.74, 6) is 0. The van der Waals surface area contributed by atoms with Gasteiger partial charge in [-0.1, -0.05) is 12.1 Å². The van der Waals surface area contributed by atoms with Gasteiger partial charge in [0.1, 0.15) is 12.0 Å². The smallest absolute Gasteiger partial charge is 0.245 e. The Morgan fingerprint density at radius 3 is 2.00 bits per heavy atom. The summed E-state index contributed by atoms with van der Waals surface area (Å²) in [4.78, 5) is 7.93. The summed E-state index contributed by atoms with van der Waals surface area (Å²) in [6.07, 6.45) is -5.53. The standard InChI is InChI=1S/C19H10F6N4/c20-18(21,22)12-3-1-11(2-4-12)17-16(14-7-8-26-10-27-14)15-6-5-13(19(23,24)25)9-29(15)28-17/h1-10H. The van der Waals surface area contributed by atoms with Crippen molar-refractivity contribution in [1.29, 1.82) is 0 Å². The molecular weight excluding hydrogens is 398 g/mol. The minimum absolute atomic E-state index is 0.205. The topological polar surface area (TPSA) is 43.1 Å². The van der Waals surface area contributed by atoms with E-state index in [1.807, 2.05) is 0 Å². The molecule has 0 unspecified atom stereocenters. The van der Waals surface area contributed by atoms with Crippen molar-refractivity contribution in [3.8, 4) is 22.5 Å². The predicted octanol–water partition coefficient (Wildman–Crippen LogP) is 5.50. The van der Waals surface area contributed by atoms with Crippen LogP contribution in [0.15, 0.2) is 61.2 Å². The number of hydrogen-bond donors (Lipinski definition) is 0. The third kappa shape index (κ3) is 3.53. The lowest BCUT2D eigenvalue weighted by Gasteiger charge is -2.07. The SMILES string of the molecule is FC(F)(F)c1ccc(-c2nn3cc(C(F)(F)F)ccc3c2-c2ccncn2)cc1. The highest BCUT2D eigenvalue weighted by atomic mass is 19.4. The van der Waals surface area contributed by atoms with Crippen LogP contribution in [0, 0.1) is 0 Å². The van der Waals surface area contributed by atoms with Crippen molar-refractivity contribution in [1.82, 2.24) is 19.6 Å². The Morgan fingerprint density at radius 2 is 1.41 bits per heavy atom. The van der Waals surface area contributed by atoms with Gasteiger partial charge in [0.25, 0.3) is 0 Å². The third-order valence-electron chi connectivity index (χ3n) is 4.28. The van der Waals surface area contributed by atoms with E-state index in [4.69, 9.17) is 0 Å². The fourth-order valence-corrected chi connectivity index (χ4v) is 2.93. The molecule has 0 fully saturated rings. The van der Waals surface area contributed by atoms with Crippen LogP contribution in [0.1, 0.15) is 11.1 Å². The average Bonchev–Trinajstić information content (AvgIpc) is 3.06. The van der Waals surface area contributed by atoms with E-state index in [1.165, 1.54) is 30.7 Å². The number of benzene rings is 1. The van der Waals surface area contributed by atoms with Gasteiger partial charge in [0, 0.05) is 18.0 Å². The molecule has 0 N–H and O–H groups in total. The van der Waals surface area contributed by atoms with E-state index in [-0.39, 0.29) is 5.69 Å². The summed E-state index contributed by atoms with van der Waals surface area (Å²) >= 11 is 0. The molecular formula is C19H10F6N4. The maximum atomic E-state index is 13.1. The Balaban J connectivity index is 1.95. The van der Waals surface area contributed by atoms with Crippen molar-refractivity contribution >= 4 is 5.52 Å².